The van der Waals surface area contributed by atoms with Gasteiger partial charge in [-0.1, -0.05) is 32.0 Å². The third-order valence-electron chi connectivity index (χ3n) is 6.67. The van der Waals surface area contributed by atoms with Gasteiger partial charge in [-0.05, 0) is 58.9 Å². The molecule has 1 aliphatic heterocycles. The second-order valence-corrected chi connectivity index (χ2v) is 8.98. The summed E-state index contributed by atoms with van der Waals surface area (Å²) in [6.07, 6.45) is 5.32. The maximum absolute atomic E-state index is 12.8. The number of nitrogens with one attached hydrogen (secondary N) is 1. The standard InChI is InChI=1S/C28H26N2O7/c1-3-15-9-17-11-19(12-18(17)10-16(15)4-2)29-14-23(32)20-5-6-22(31)27-21(20)13-24-28(35)30(27)37-26(34)8-7-25(33)36-24/h5-11,13,23,29,31-32H,3-4,12,14H2,1-2H3/b8-7-/t23-/m0/s1. The summed E-state index contributed by atoms with van der Waals surface area (Å²) in [4.78, 5) is 41.9. The van der Waals surface area contributed by atoms with Gasteiger partial charge in [0.25, 0.3) is 0 Å². The van der Waals surface area contributed by atoms with Gasteiger partial charge in [0.2, 0.25) is 0 Å². The van der Waals surface area contributed by atoms with Gasteiger partial charge in [0, 0.05) is 36.2 Å². The lowest BCUT2D eigenvalue weighted by Gasteiger charge is -2.18. The van der Waals surface area contributed by atoms with Crippen molar-refractivity contribution >= 4 is 28.9 Å². The molecule has 9 nitrogen and oxygen atoms in total. The molecule has 5 rings (SSSR count). The van der Waals surface area contributed by atoms with Crippen LogP contribution in [0.25, 0.3) is 17.0 Å². The number of aliphatic hydroxyl groups excluding tert-OH is 1. The van der Waals surface area contributed by atoms with Crippen molar-refractivity contribution in [3.8, 4) is 11.5 Å². The molecule has 9 heteroatoms. The molecular formula is C28H26N2O7. The number of aromatic hydroxyl groups is 1. The number of esters is 1. The first-order chi connectivity index (χ1) is 17.8. The summed E-state index contributed by atoms with van der Waals surface area (Å²) in [7, 11) is 0. The van der Waals surface area contributed by atoms with Gasteiger partial charge in [0.15, 0.2) is 5.75 Å². The van der Waals surface area contributed by atoms with Crippen LogP contribution < -0.4 is 20.5 Å². The highest BCUT2D eigenvalue weighted by Crippen LogP contribution is 2.33. The highest BCUT2D eigenvalue weighted by molar-refractivity contribution is 5.95. The number of aryl methyl sites for hydroxylation is 2. The summed E-state index contributed by atoms with van der Waals surface area (Å²) < 4.78 is 5.64. The van der Waals surface area contributed by atoms with Crippen molar-refractivity contribution in [2.45, 2.75) is 39.2 Å². The molecule has 0 radical (unpaired) electrons. The number of hydrogen-bond donors (Lipinski definition) is 3. The van der Waals surface area contributed by atoms with E-state index in [4.69, 9.17) is 9.57 Å². The van der Waals surface area contributed by atoms with Crippen LogP contribution in [0.5, 0.6) is 11.5 Å². The number of ether oxygens (including phenoxy) is 1. The quantitative estimate of drug-likeness (QED) is 0.439. The topological polar surface area (TPSA) is 127 Å². The number of benzene rings is 2. The highest BCUT2D eigenvalue weighted by Gasteiger charge is 2.24. The molecule has 3 N–H and O–H groups in total. The van der Waals surface area contributed by atoms with Crippen LogP contribution in [0.15, 0.2) is 53.0 Å². The Hall–Kier alpha value is -4.37. The Bertz CT molecular complexity index is 1570. The Morgan fingerprint density at radius 3 is 2.51 bits per heavy atom. The second-order valence-electron chi connectivity index (χ2n) is 8.98. The lowest BCUT2D eigenvalue weighted by atomic mass is 9.97. The van der Waals surface area contributed by atoms with Crippen LogP contribution in [-0.2, 0) is 28.9 Å². The average Bonchev–Trinajstić information content (AvgIpc) is 3.29. The Kier molecular flexibility index (Phi) is 6.31. The molecule has 0 spiro atoms. The van der Waals surface area contributed by atoms with Gasteiger partial charge in [-0.25, -0.2) is 9.59 Å². The Labute approximate surface area is 212 Å². The number of carbonyl (C=O) groups excluding carboxylic acids is 2. The highest BCUT2D eigenvalue weighted by atomic mass is 16.7. The lowest BCUT2D eigenvalue weighted by Crippen LogP contribution is -2.31. The predicted octanol–water partition coefficient (Wildman–Crippen LogP) is 2.48. The molecule has 2 aliphatic rings. The molecule has 0 unspecified atom stereocenters. The number of carbonyl (C=O) groups is 2. The van der Waals surface area contributed by atoms with Crippen LogP contribution in [0.4, 0.5) is 0 Å². The normalized spacial score (nSPS) is 16.1. The number of hydrogen-bond acceptors (Lipinski definition) is 8. The largest absolute Gasteiger partial charge is 0.506 e. The summed E-state index contributed by atoms with van der Waals surface area (Å²) in [5.41, 5.74) is 5.30. The zero-order valence-corrected chi connectivity index (χ0v) is 20.4. The van der Waals surface area contributed by atoms with Gasteiger partial charge < -0.3 is 25.1 Å². The number of fused-ring (bicyclic) bond motifs is 5. The molecule has 2 aromatic carbocycles. The molecule has 1 atom stereocenters. The van der Waals surface area contributed by atoms with Gasteiger partial charge in [-0.3, -0.25) is 4.79 Å². The summed E-state index contributed by atoms with van der Waals surface area (Å²) in [5, 5.41) is 25.1. The van der Waals surface area contributed by atoms with E-state index >= 15 is 0 Å². The Balaban J connectivity index is 1.46. The van der Waals surface area contributed by atoms with Gasteiger partial charge >= 0.3 is 17.5 Å². The Morgan fingerprint density at radius 2 is 1.76 bits per heavy atom. The fraction of sp³-hybridized carbons (Fsp3) is 0.250. The molecule has 2 bridgehead atoms. The SMILES string of the molecule is CCc1cc2c(cc1CC)CC(NC[C@H](O)c1ccc(O)c3c1cc1c(=O)n3OC(=O)/C=C\C(=O)O1)=C2. The molecular weight excluding hydrogens is 476 g/mol. The van der Waals surface area contributed by atoms with E-state index in [0.29, 0.717) is 10.3 Å². The number of nitrogens with zero attached hydrogens (tertiary/aromatic N) is 1. The fourth-order valence-corrected chi connectivity index (χ4v) is 4.82. The molecule has 2 heterocycles. The van der Waals surface area contributed by atoms with Gasteiger partial charge in [0.1, 0.15) is 11.3 Å². The van der Waals surface area contributed by atoms with Crippen molar-refractivity contribution in [3.63, 3.8) is 0 Å². The van der Waals surface area contributed by atoms with E-state index in [1.807, 2.05) is 0 Å². The van der Waals surface area contributed by atoms with Crippen LogP contribution in [0.1, 0.15) is 47.8 Å². The zero-order chi connectivity index (χ0) is 26.3. The molecule has 0 saturated carbocycles. The van der Waals surface area contributed by atoms with Crippen molar-refractivity contribution in [2.75, 3.05) is 6.54 Å². The van der Waals surface area contributed by atoms with Crippen molar-refractivity contribution in [2.24, 2.45) is 0 Å². The molecule has 37 heavy (non-hydrogen) atoms. The summed E-state index contributed by atoms with van der Waals surface area (Å²) in [6.45, 7) is 4.43. The zero-order valence-electron chi connectivity index (χ0n) is 20.4. The summed E-state index contributed by atoms with van der Waals surface area (Å²) in [5.74, 6) is -2.69. The van der Waals surface area contributed by atoms with Crippen LogP contribution in [0.3, 0.4) is 0 Å². The van der Waals surface area contributed by atoms with E-state index in [0.717, 1.165) is 42.7 Å². The minimum absolute atomic E-state index is 0.128. The van der Waals surface area contributed by atoms with Crippen molar-refractivity contribution in [1.82, 2.24) is 10.0 Å². The Morgan fingerprint density at radius 1 is 1.03 bits per heavy atom. The van der Waals surface area contributed by atoms with E-state index in [1.54, 1.807) is 0 Å². The summed E-state index contributed by atoms with van der Waals surface area (Å²) in [6, 6.07) is 8.52. The molecule has 3 aromatic rings. The molecule has 1 aromatic heterocycles. The maximum atomic E-state index is 12.8. The number of phenolic OH excluding ortho intramolecular Hbond substituents is 1. The number of aliphatic hydroxyl groups is 1. The minimum Gasteiger partial charge on any atom is -0.506 e. The van der Waals surface area contributed by atoms with E-state index in [-0.39, 0.29) is 23.2 Å². The number of allylic oxidation sites excluding steroid dienone is 1. The van der Waals surface area contributed by atoms with Crippen molar-refractivity contribution < 1.29 is 29.4 Å². The first kappa shape index (κ1) is 24.3. The molecule has 190 valence electrons. The van der Waals surface area contributed by atoms with E-state index < -0.39 is 29.4 Å². The number of aromatic nitrogens is 1. The van der Waals surface area contributed by atoms with E-state index in [1.165, 1.54) is 34.9 Å². The van der Waals surface area contributed by atoms with Gasteiger partial charge in [0.05, 0.1) is 6.10 Å². The van der Waals surface area contributed by atoms with Crippen LogP contribution >= 0.6 is 0 Å². The minimum atomic E-state index is -1.07. The lowest BCUT2D eigenvalue weighted by molar-refractivity contribution is -0.138. The smallest absolute Gasteiger partial charge is 0.356 e. The fourth-order valence-electron chi connectivity index (χ4n) is 4.82. The summed E-state index contributed by atoms with van der Waals surface area (Å²) >= 11 is 0. The van der Waals surface area contributed by atoms with Gasteiger partial charge in [-0.15, -0.1) is 4.73 Å². The maximum Gasteiger partial charge on any atom is 0.356 e. The molecule has 0 saturated heterocycles. The second kappa shape index (κ2) is 9.59. The average molecular weight is 503 g/mol. The third-order valence-corrected chi connectivity index (χ3v) is 6.67. The van der Waals surface area contributed by atoms with E-state index in [9.17, 15) is 24.6 Å². The number of pyridine rings is 1. The molecule has 0 amide bonds. The number of phenols is 1. The van der Waals surface area contributed by atoms with Gasteiger partial charge in [-0.2, -0.15) is 0 Å². The first-order valence-corrected chi connectivity index (χ1v) is 12.1. The van der Waals surface area contributed by atoms with Crippen LogP contribution in [-0.4, -0.2) is 33.4 Å². The van der Waals surface area contributed by atoms with Crippen LogP contribution in [0, 0.1) is 0 Å². The molecule has 0 fully saturated rings. The predicted molar refractivity (Wildman–Crippen MR) is 136 cm³/mol. The molecule has 1 aliphatic carbocycles. The van der Waals surface area contributed by atoms with Crippen molar-refractivity contribution in [3.05, 3.63) is 86.4 Å². The monoisotopic (exact) mass is 502 g/mol. The van der Waals surface area contributed by atoms with Crippen molar-refractivity contribution in [1.29, 1.82) is 0 Å². The number of rotatable bonds is 6. The first-order valence-electron chi connectivity index (χ1n) is 12.1. The third kappa shape index (κ3) is 4.49. The van der Waals surface area contributed by atoms with E-state index in [2.05, 4.69) is 37.4 Å². The van der Waals surface area contributed by atoms with Crippen LogP contribution in [0.2, 0.25) is 0 Å².